The van der Waals surface area contributed by atoms with E-state index in [0.29, 0.717) is 18.1 Å². The number of nitrogens with one attached hydrogen (secondary N) is 1. The smallest absolute Gasteiger partial charge is 0.241 e. The van der Waals surface area contributed by atoms with E-state index in [9.17, 15) is 8.42 Å². The van der Waals surface area contributed by atoms with Crippen molar-refractivity contribution in [3.63, 3.8) is 0 Å². The number of sulfonamides is 1. The van der Waals surface area contributed by atoms with Crippen molar-refractivity contribution in [2.24, 2.45) is 0 Å². The van der Waals surface area contributed by atoms with Gasteiger partial charge in [-0.2, -0.15) is 0 Å². The van der Waals surface area contributed by atoms with Crippen molar-refractivity contribution in [3.05, 3.63) is 42.0 Å². The van der Waals surface area contributed by atoms with Gasteiger partial charge in [0, 0.05) is 5.39 Å². The van der Waals surface area contributed by atoms with Crippen molar-refractivity contribution in [3.8, 4) is 0 Å². The van der Waals surface area contributed by atoms with Gasteiger partial charge in [0.15, 0.2) is 0 Å². The van der Waals surface area contributed by atoms with Crippen LogP contribution in [-0.2, 0) is 14.8 Å². The normalized spacial score (nSPS) is 17.9. The zero-order valence-corrected chi connectivity index (χ0v) is 12.3. The van der Waals surface area contributed by atoms with Crippen molar-refractivity contribution in [1.82, 2.24) is 4.72 Å². The fourth-order valence-electron chi connectivity index (χ4n) is 2.50. The van der Waals surface area contributed by atoms with Crippen molar-refractivity contribution in [1.29, 1.82) is 0 Å². The SMILES string of the molecule is Cc1ccc(S(=O)(=O)NC2(C)COC2)c2ccccc12. The Balaban J connectivity index is 2.12. The summed E-state index contributed by atoms with van der Waals surface area (Å²) in [6.45, 7) is 4.66. The van der Waals surface area contributed by atoms with Crippen LogP contribution in [0.1, 0.15) is 12.5 Å². The summed E-state index contributed by atoms with van der Waals surface area (Å²) >= 11 is 0. The Labute approximate surface area is 118 Å². The van der Waals surface area contributed by atoms with E-state index in [1.165, 1.54) is 0 Å². The second-order valence-corrected chi connectivity index (χ2v) is 7.24. The summed E-state index contributed by atoms with van der Waals surface area (Å²) in [5, 5.41) is 1.72. The van der Waals surface area contributed by atoms with E-state index in [0.717, 1.165) is 16.3 Å². The quantitative estimate of drug-likeness (QED) is 0.943. The Morgan fingerprint density at radius 2 is 1.75 bits per heavy atom. The van der Waals surface area contributed by atoms with Gasteiger partial charge in [0.05, 0.1) is 23.6 Å². The minimum absolute atomic E-state index is 0.326. The van der Waals surface area contributed by atoms with Crippen molar-refractivity contribution in [2.45, 2.75) is 24.3 Å². The molecule has 3 rings (SSSR count). The molecule has 0 unspecified atom stereocenters. The van der Waals surface area contributed by atoms with Gasteiger partial charge < -0.3 is 4.74 Å². The van der Waals surface area contributed by atoms with Gasteiger partial charge in [0.2, 0.25) is 10.0 Å². The zero-order valence-electron chi connectivity index (χ0n) is 11.5. The highest BCUT2D eigenvalue weighted by Crippen LogP contribution is 2.27. The van der Waals surface area contributed by atoms with Crippen molar-refractivity contribution < 1.29 is 13.2 Å². The fraction of sp³-hybridized carbons (Fsp3) is 0.333. The summed E-state index contributed by atoms with van der Waals surface area (Å²) in [5.74, 6) is 0. The molecule has 0 aromatic heterocycles. The van der Waals surface area contributed by atoms with Crippen LogP contribution in [0.15, 0.2) is 41.3 Å². The lowest BCUT2D eigenvalue weighted by Crippen LogP contribution is -2.59. The minimum Gasteiger partial charge on any atom is -0.377 e. The Bertz CT molecular complexity index is 764. The van der Waals surface area contributed by atoms with Crippen LogP contribution in [0.3, 0.4) is 0 Å². The van der Waals surface area contributed by atoms with Gasteiger partial charge in [-0.05, 0) is 30.9 Å². The number of fused-ring (bicyclic) bond motifs is 1. The van der Waals surface area contributed by atoms with Crippen LogP contribution in [0.2, 0.25) is 0 Å². The monoisotopic (exact) mass is 291 g/mol. The number of benzene rings is 2. The molecular formula is C15H17NO3S. The highest BCUT2D eigenvalue weighted by atomic mass is 32.2. The second kappa shape index (κ2) is 4.55. The lowest BCUT2D eigenvalue weighted by molar-refractivity contribution is -0.0523. The molecule has 2 aromatic carbocycles. The molecule has 1 heterocycles. The lowest BCUT2D eigenvalue weighted by atomic mass is 10.0. The van der Waals surface area contributed by atoms with Gasteiger partial charge in [0.25, 0.3) is 0 Å². The Morgan fingerprint density at radius 1 is 1.10 bits per heavy atom. The number of aryl methyl sites for hydroxylation is 1. The molecule has 0 aliphatic carbocycles. The second-order valence-electron chi connectivity index (χ2n) is 5.59. The average molecular weight is 291 g/mol. The zero-order chi connectivity index (χ0) is 14.4. The molecule has 1 fully saturated rings. The Kier molecular flexibility index (Phi) is 3.08. The van der Waals surface area contributed by atoms with E-state index in [2.05, 4.69) is 4.72 Å². The van der Waals surface area contributed by atoms with Crippen LogP contribution in [0.4, 0.5) is 0 Å². The lowest BCUT2D eigenvalue weighted by Gasteiger charge is -2.38. The predicted molar refractivity (Wildman–Crippen MR) is 78.2 cm³/mol. The third-order valence-corrected chi connectivity index (χ3v) is 5.31. The maximum Gasteiger partial charge on any atom is 0.241 e. The first kappa shape index (κ1) is 13.5. The van der Waals surface area contributed by atoms with Gasteiger partial charge in [-0.25, -0.2) is 13.1 Å². The molecule has 1 aliphatic heterocycles. The van der Waals surface area contributed by atoms with Crippen LogP contribution < -0.4 is 4.72 Å². The van der Waals surface area contributed by atoms with Crippen LogP contribution in [-0.4, -0.2) is 27.2 Å². The van der Waals surface area contributed by atoms with Gasteiger partial charge >= 0.3 is 0 Å². The van der Waals surface area contributed by atoms with Crippen molar-refractivity contribution in [2.75, 3.05) is 13.2 Å². The molecular weight excluding hydrogens is 274 g/mol. The largest absolute Gasteiger partial charge is 0.377 e. The number of ether oxygens (including phenoxy) is 1. The molecule has 20 heavy (non-hydrogen) atoms. The van der Waals surface area contributed by atoms with E-state index in [-0.39, 0.29) is 0 Å². The van der Waals surface area contributed by atoms with E-state index in [1.807, 2.05) is 44.2 Å². The first-order chi connectivity index (χ1) is 9.41. The molecule has 1 aliphatic rings. The summed E-state index contributed by atoms with van der Waals surface area (Å²) in [7, 11) is -3.55. The summed E-state index contributed by atoms with van der Waals surface area (Å²) in [5.41, 5.74) is 0.572. The third-order valence-electron chi connectivity index (χ3n) is 3.61. The number of rotatable bonds is 3. The molecule has 2 aromatic rings. The standard InChI is InChI=1S/C15H17NO3S/c1-11-7-8-14(13-6-4-3-5-12(11)13)20(17,18)16-15(2)9-19-10-15/h3-8,16H,9-10H2,1-2H3. The van der Waals surface area contributed by atoms with Gasteiger partial charge in [-0.1, -0.05) is 30.3 Å². The van der Waals surface area contributed by atoms with Gasteiger partial charge in [0.1, 0.15) is 0 Å². The van der Waals surface area contributed by atoms with E-state index >= 15 is 0 Å². The van der Waals surface area contributed by atoms with Crippen LogP contribution in [0.5, 0.6) is 0 Å². The molecule has 1 N–H and O–H groups in total. The number of hydrogen-bond donors (Lipinski definition) is 1. The minimum atomic E-state index is -3.55. The van der Waals surface area contributed by atoms with Crippen LogP contribution in [0.25, 0.3) is 10.8 Å². The summed E-state index contributed by atoms with van der Waals surface area (Å²) in [6, 6.07) is 11.1. The molecule has 4 nitrogen and oxygen atoms in total. The molecule has 106 valence electrons. The summed E-state index contributed by atoms with van der Waals surface area (Å²) in [4.78, 5) is 0.326. The molecule has 0 radical (unpaired) electrons. The molecule has 5 heteroatoms. The molecule has 1 saturated heterocycles. The van der Waals surface area contributed by atoms with Gasteiger partial charge in [-0.3, -0.25) is 0 Å². The predicted octanol–water partition coefficient (Wildman–Crippen LogP) is 2.22. The van der Waals surface area contributed by atoms with E-state index in [4.69, 9.17) is 4.74 Å². The highest BCUT2D eigenvalue weighted by Gasteiger charge is 2.38. The molecule has 0 atom stereocenters. The topological polar surface area (TPSA) is 55.4 Å². The first-order valence-corrected chi connectivity index (χ1v) is 8.00. The fourth-order valence-corrected chi connectivity index (χ4v) is 4.09. The van der Waals surface area contributed by atoms with Crippen LogP contribution in [0, 0.1) is 6.92 Å². The molecule has 0 amide bonds. The average Bonchev–Trinajstić information content (AvgIpc) is 2.37. The Morgan fingerprint density at radius 3 is 2.35 bits per heavy atom. The number of hydrogen-bond acceptors (Lipinski definition) is 3. The van der Waals surface area contributed by atoms with E-state index in [1.54, 1.807) is 6.07 Å². The van der Waals surface area contributed by atoms with Crippen molar-refractivity contribution >= 4 is 20.8 Å². The maximum atomic E-state index is 12.6. The van der Waals surface area contributed by atoms with Crippen LogP contribution >= 0.6 is 0 Å². The third kappa shape index (κ3) is 2.22. The molecule has 0 spiro atoms. The first-order valence-electron chi connectivity index (χ1n) is 6.51. The van der Waals surface area contributed by atoms with E-state index < -0.39 is 15.6 Å². The molecule has 0 bridgehead atoms. The highest BCUT2D eigenvalue weighted by molar-refractivity contribution is 7.89. The maximum absolute atomic E-state index is 12.6. The molecule has 0 saturated carbocycles. The summed E-state index contributed by atoms with van der Waals surface area (Å²) in [6.07, 6.45) is 0. The Hall–Kier alpha value is -1.43. The summed E-state index contributed by atoms with van der Waals surface area (Å²) < 4.78 is 33.0. The van der Waals surface area contributed by atoms with Gasteiger partial charge in [-0.15, -0.1) is 0 Å².